The lowest BCUT2D eigenvalue weighted by molar-refractivity contribution is -0.136. The van der Waals surface area contributed by atoms with E-state index in [0.717, 1.165) is 11.3 Å². The second kappa shape index (κ2) is 6.63. The van der Waals surface area contributed by atoms with Crippen molar-refractivity contribution in [2.75, 3.05) is 12.4 Å². The number of carbonyl (C=O) groups excluding carboxylic acids is 1. The normalized spacial score (nSPS) is 13.6. The third-order valence-electron chi connectivity index (χ3n) is 3.20. The molecule has 1 atom stereocenters. The molecular weight excluding hydrogens is 260 g/mol. The van der Waals surface area contributed by atoms with Crippen LogP contribution in [-0.2, 0) is 16.0 Å². The van der Waals surface area contributed by atoms with Crippen LogP contribution in [0.25, 0.3) is 0 Å². The Labute approximate surface area is 119 Å². The number of hydrogen-bond acceptors (Lipinski definition) is 3. The third kappa shape index (κ3) is 4.29. The molecule has 0 aromatic heterocycles. The molecule has 1 rings (SSSR count). The van der Waals surface area contributed by atoms with E-state index in [-0.39, 0.29) is 5.91 Å². The maximum Gasteiger partial charge on any atom is 0.256 e. The number of benzene rings is 1. The first-order valence-corrected chi connectivity index (χ1v) is 6.56. The summed E-state index contributed by atoms with van der Waals surface area (Å²) in [7, 11) is 1.54. The van der Waals surface area contributed by atoms with E-state index in [0.29, 0.717) is 17.8 Å². The number of nitrogens with two attached hydrogens (primary N) is 1. The van der Waals surface area contributed by atoms with Gasteiger partial charge < -0.3 is 15.8 Å². The first kappa shape index (κ1) is 15.6. The van der Waals surface area contributed by atoms with Crippen molar-refractivity contribution in [3.8, 4) is 0 Å². The Bertz CT molecular complexity index is 453. The Morgan fingerprint density at radius 2 is 2.00 bits per heavy atom. The highest BCUT2D eigenvalue weighted by atomic mass is 32.1. The Morgan fingerprint density at radius 1 is 1.42 bits per heavy atom. The fourth-order valence-corrected chi connectivity index (χ4v) is 1.73. The molecule has 0 fully saturated rings. The van der Waals surface area contributed by atoms with E-state index in [9.17, 15) is 4.79 Å². The molecule has 0 aliphatic carbocycles. The lowest BCUT2D eigenvalue weighted by Crippen LogP contribution is -2.41. The van der Waals surface area contributed by atoms with Crippen LogP contribution >= 0.6 is 12.2 Å². The van der Waals surface area contributed by atoms with Crippen LogP contribution in [0.1, 0.15) is 25.8 Å². The molecule has 1 aromatic rings. The number of carbonyl (C=O) groups is 1. The van der Waals surface area contributed by atoms with Crippen LogP contribution in [0, 0.1) is 0 Å². The molecule has 19 heavy (non-hydrogen) atoms. The summed E-state index contributed by atoms with van der Waals surface area (Å²) in [5.41, 5.74) is 6.43. The molecule has 0 aliphatic heterocycles. The zero-order valence-electron chi connectivity index (χ0n) is 11.5. The van der Waals surface area contributed by atoms with Crippen LogP contribution in [-0.4, -0.2) is 23.6 Å². The van der Waals surface area contributed by atoms with Gasteiger partial charge in [-0.25, -0.2) is 0 Å². The first-order chi connectivity index (χ1) is 8.91. The van der Waals surface area contributed by atoms with Gasteiger partial charge >= 0.3 is 0 Å². The monoisotopic (exact) mass is 280 g/mol. The van der Waals surface area contributed by atoms with Crippen LogP contribution in [0.3, 0.4) is 0 Å². The van der Waals surface area contributed by atoms with Gasteiger partial charge in [0.05, 0.1) is 4.99 Å². The highest BCUT2D eigenvalue weighted by Gasteiger charge is 2.30. The number of rotatable bonds is 6. The summed E-state index contributed by atoms with van der Waals surface area (Å²) in [5, 5.41) is 2.84. The molecule has 4 nitrogen and oxygen atoms in total. The Hall–Kier alpha value is -1.46. The van der Waals surface area contributed by atoms with E-state index in [4.69, 9.17) is 22.7 Å². The quantitative estimate of drug-likeness (QED) is 0.785. The molecule has 0 heterocycles. The molecule has 0 saturated carbocycles. The van der Waals surface area contributed by atoms with E-state index in [1.807, 2.05) is 31.2 Å². The Balaban J connectivity index is 2.73. The van der Waals surface area contributed by atoms with Gasteiger partial charge in [0, 0.05) is 19.2 Å². The van der Waals surface area contributed by atoms with Crippen LogP contribution in [0.2, 0.25) is 0 Å². The van der Waals surface area contributed by atoms with Crippen LogP contribution in [0.5, 0.6) is 0 Å². The largest absolute Gasteiger partial charge is 0.393 e. The number of thiocarbonyl (C=S) groups is 1. The summed E-state index contributed by atoms with van der Waals surface area (Å²) in [5.74, 6) is -0.153. The Morgan fingerprint density at radius 3 is 2.42 bits per heavy atom. The van der Waals surface area contributed by atoms with Gasteiger partial charge in [0.15, 0.2) is 0 Å². The maximum atomic E-state index is 12.1. The van der Waals surface area contributed by atoms with E-state index < -0.39 is 5.60 Å². The summed E-state index contributed by atoms with van der Waals surface area (Å²) >= 11 is 4.85. The first-order valence-electron chi connectivity index (χ1n) is 6.15. The third-order valence-corrected chi connectivity index (χ3v) is 3.34. The van der Waals surface area contributed by atoms with Crippen molar-refractivity contribution in [1.82, 2.24) is 0 Å². The molecule has 1 aromatic carbocycles. The predicted molar refractivity (Wildman–Crippen MR) is 81.3 cm³/mol. The van der Waals surface area contributed by atoms with Gasteiger partial charge in [-0.15, -0.1) is 0 Å². The zero-order chi connectivity index (χ0) is 14.5. The molecular formula is C14H20N2O2S. The number of methoxy groups -OCH3 is 1. The molecule has 5 heteroatoms. The second-order valence-corrected chi connectivity index (χ2v) is 5.11. The average Bonchev–Trinajstić information content (AvgIpc) is 2.39. The predicted octanol–water partition coefficient (Wildman–Crippen LogP) is 2.27. The fourth-order valence-electron chi connectivity index (χ4n) is 1.57. The topological polar surface area (TPSA) is 64.3 Å². The van der Waals surface area contributed by atoms with Crippen molar-refractivity contribution in [3.63, 3.8) is 0 Å². The van der Waals surface area contributed by atoms with Gasteiger partial charge in [-0.3, -0.25) is 4.79 Å². The van der Waals surface area contributed by atoms with Gasteiger partial charge in [-0.05, 0) is 31.0 Å². The summed E-state index contributed by atoms with van der Waals surface area (Å²) in [6, 6.07) is 7.45. The van der Waals surface area contributed by atoms with E-state index in [1.54, 1.807) is 6.92 Å². The van der Waals surface area contributed by atoms with Gasteiger partial charge in [-0.1, -0.05) is 31.3 Å². The maximum absolute atomic E-state index is 12.1. The SMILES string of the molecule is CCC(C)(OC)C(=O)Nc1ccc(CC(N)=S)cc1. The van der Waals surface area contributed by atoms with E-state index in [2.05, 4.69) is 5.32 Å². The van der Waals surface area contributed by atoms with Gasteiger partial charge in [0.1, 0.15) is 5.60 Å². The highest BCUT2D eigenvalue weighted by molar-refractivity contribution is 7.80. The smallest absolute Gasteiger partial charge is 0.256 e. The minimum absolute atomic E-state index is 0.153. The van der Waals surface area contributed by atoms with Crippen molar-refractivity contribution in [2.24, 2.45) is 5.73 Å². The Kier molecular flexibility index (Phi) is 5.44. The molecule has 3 N–H and O–H groups in total. The van der Waals surface area contributed by atoms with Crippen molar-refractivity contribution in [3.05, 3.63) is 29.8 Å². The van der Waals surface area contributed by atoms with Crippen molar-refractivity contribution >= 4 is 28.8 Å². The lowest BCUT2D eigenvalue weighted by Gasteiger charge is -2.25. The summed E-state index contributed by atoms with van der Waals surface area (Å²) in [4.78, 5) is 12.5. The molecule has 104 valence electrons. The van der Waals surface area contributed by atoms with Crippen LogP contribution in [0.4, 0.5) is 5.69 Å². The van der Waals surface area contributed by atoms with Crippen molar-refractivity contribution in [2.45, 2.75) is 32.3 Å². The highest BCUT2D eigenvalue weighted by Crippen LogP contribution is 2.18. The number of ether oxygens (including phenoxy) is 1. The van der Waals surface area contributed by atoms with Crippen molar-refractivity contribution < 1.29 is 9.53 Å². The molecule has 0 bridgehead atoms. The minimum Gasteiger partial charge on any atom is -0.393 e. The molecule has 1 unspecified atom stereocenters. The van der Waals surface area contributed by atoms with E-state index >= 15 is 0 Å². The molecule has 0 saturated heterocycles. The van der Waals surface area contributed by atoms with Gasteiger partial charge in [0.2, 0.25) is 0 Å². The van der Waals surface area contributed by atoms with Gasteiger partial charge in [0.25, 0.3) is 5.91 Å². The zero-order valence-corrected chi connectivity index (χ0v) is 12.3. The summed E-state index contributed by atoms with van der Waals surface area (Å²) < 4.78 is 5.25. The summed E-state index contributed by atoms with van der Waals surface area (Å²) in [6.07, 6.45) is 1.17. The lowest BCUT2D eigenvalue weighted by atomic mass is 10.0. The number of nitrogens with one attached hydrogen (secondary N) is 1. The molecule has 0 aliphatic rings. The average molecular weight is 280 g/mol. The number of anilines is 1. The molecule has 0 spiro atoms. The molecule has 0 radical (unpaired) electrons. The number of amides is 1. The molecule has 1 amide bonds. The minimum atomic E-state index is -0.808. The fraction of sp³-hybridized carbons (Fsp3) is 0.429. The standard InChI is InChI=1S/C14H20N2O2S/c1-4-14(2,18-3)13(17)16-11-7-5-10(6-8-11)9-12(15)19/h5-8H,4,9H2,1-3H3,(H2,15,19)(H,16,17). The van der Waals surface area contributed by atoms with E-state index in [1.165, 1.54) is 7.11 Å². The second-order valence-electron chi connectivity index (χ2n) is 4.58. The number of hydrogen-bond donors (Lipinski definition) is 2. The van der Waals surface area contributed by atoms with Gasteiger partial charge in [-0.2, -0.15) is 0 Å². The van der Waals surface area contributed by atoms with Crippen molar-refractivity contribution in [1.29, 1.82) is 0 Å². The summed E-state index contributed by atoms with van der Waals surface area (Å²) in [6.45, 7) is 3.68. The van der Waals surface area contributed by atoms with Crippen LogP contribution in [0.15, 0.2) is 24.3 Å². The van der Waals surface area contributed by atoms with Crippen LogP contribution < -0.4 is 11.1 Å².